The van der Waals surface area contributed by atoms with E-state index in [0.717, 1.165) is 0 Å². The number of carbonyl (C=O) groups excluding carboxylic acids is 1. The highest BCUT2D eigenvalue weighted by Gasteiger charge is 2.49. The molecule has 6 rings (SSSR count). The Kier molecular flexibility index (Phi) is 4.51. The van der Waals surface area contributed by atoms with Gasteiger partial charge in [0.25, 0.3) is 6.29 Å². The van der Waals surface area contributed by atoms with Gasteiger partial charge in [-0.05, 0) is 18.1 Å². The van der Waals surface area contributed by atoms with Gasteiger partial charge in [-0.1, -0.05) is 0 Å². The third-order valence-corrected chi connectivity index (χ3v) is 6.55. The molecule has 1 aromatic heterocycles. The number of carboxylic acids is 1. The Morgan fingerprint density at radius 1 is 1.09 bits per heavy atom. The second-order valence-corrected chi connectivity index (χ2v) is 8.49. The smallest absolute Gasteiger partial charge is 0.347 e. The van der Waals surface area contributed by atoms with E-state index >= 15 is 0 Å². The Morgan fingerprint density at radius 2 is 1.88 bits per heavy atom. The Bertz CT molecular complexity index is 1330. The Balaban J connectivity index is 1.53. The summed E-state index contributed by atoms with van der Waals surface area (Å²) in [6.07, 6.45) is -6.33. The van der Waals surface area contributed by atoms with Gasteiger partial charge in [0, 0.05) is 12.5 Å². The molecule has 1 fully saturated rings. The van der Waals surface area contributed by atoms with Gasteiger partial charge in [-0.25, -0.2) is 9.59 Å². The predicted octanol–water partition coefficient (Wildman–Crippen LogP) is -0.461. The maximum absolute atomic E-state index is 12.7. The average molecular weight is 474 g/mol. The van der Waals surface area contributed by atoms with E-state index in [1.54, 1.807) is 6.08 Å². The first-order valence-electron chi connectivity index (χ1n) is 10.5. The lowest BCUT2D eigenvalue weighted by atomic mass is 9.95. The average Bonchev–Trinajstić information content (AvgIpc) is 3.48. The van der Waals surface area contributed by atoms with E-state index in [1.165, 1.54) is 12.3 Å². The van der Waals surface area contributed by atoms with Crippen LogP contribution in [0.2, 0.25) is 0 Å². The van der Waals surface area contributed by atoms with E-state index in [0.29, 0.717) is 11.1 Å². The maximum Gasteiger partial charge on any atom is 0.347 e. The molecule has 4 N–H and O–H groups in total. The summed E-state index contributed by atoms with van der Waals surface area (Å²) >= 11 is 0. The highest BCUT2D eigenvalue weighted by atomic mass is 16.7. The molecule has 3 aliphatic heterocycles. The predicted molar refractivity (Wildman–Crippen MR) is 107 cm³/mol. The Labute approximate surface area is 189 Å². The van der Waals surface area contributed by atoms with Crippen molar-refractivity contribution in [3.05, 3.63) is 45.5 Å². The van der Waals surface area contributed by atoms with Crippen molar-refractivity contribution in [2.45, 2.75) is 55.8 Å². The molecular formula is C22H18O12. The molecule has 7 atom stereocenters. The van der Waals surface area contributed by atoms with Crippen LogP contribution in [-0.2, 0) is 20.7 Å². The normalized spacial score (nSPS) is 33.3. The van der Waals surface area contributed by atoms with Crippen LogP contribution in [0.15, 0.2) is 27.6 Å². The molecule has 4 heterocycles. The minimum Gasteiger partial charge on any atom is -0.479 e. The molecule has 0 bridgehead atoms. The number of hydrogen-bond acceptors (Lipinski definition) is 11. The monoisotopic (exact) mass is 474 g/mol. The third-order valence-electron chi connectivity index (χ3n) is 6.55. The fourth-order valence-corrected chi connectivity index (χ4v) is 4.93. The van der Waals surface area contributed by atoms with Crippen molar-refractivity contribution in [2.24, 2.45) is 0 Å². The van der Waals surface area contributed by atoms with Crippen molar-refractivity contribution in [3.63, 3.8) is 0 Å². The van der Waals surface area contributed by atoms with Crippen LogP contribution in [0.25, 0.3) is 11.0 Å². The van der Waals surface area contributed by atoms with Crippen LogP contribution in [0.4, 0.5) is 0 Å². The van der Waals surface area contributed by atoms with Crippen LogP contribution in [0, 0.1) is 0 Å². The molecule has 0 amide bonds. The van der Waals surface area contributed by atoms with Crippen molar-refractivity contribution >= 4 is 22.7 Å². The summed E-state index contributed by atoms with van der Waals surface area (Å²) < 4.78 is 27.8. The largest absolute Gasteiger partial charge is 0.479 e. The maximum atomic E-state index is 12.7. The lowest BCUT2D eigenvalue weighted by Crippen LogP contribution is -2.61. The van der Waals surface area contributed by atoms with Crippen molar-refractivity contribution < 1.29 is 53.4 Å². The summed E-state index contributed by atoms with van der Waals surface area (Å²) in [5.41, 5.74) is 0.115. The Hall–Kier alpha value is -3.45. The van der Waals surface area contributed by atoms with E-state index in [-0.39, 0.29) is 52.6 Å². The van der Waals surface area contributed by atoms with Gasteiger partial charge < -0.3 is 43.8 Å². The summed E-state index contributed by atoms with van der Waals surface area (Å²) in [7, 11) is 0. The number of Topliss-reactive ketones (excluding diaryl/α,β-unsaturated/α-hetero) is 1. The van der Waals surface area contributed by atoms with Crippen LogP contribution in [0.5, 0.6) is 11.5 Å². The van der Waals surface area contributed by atoms with Gasteiger partial charge in [0.2, 0.25) is 6.29 Å². The summed E-state index contributed by atoms with van der Waals surface area (Å²) in [4.78, 5) is 36.5. The van der Waals surface area contributed by atoms with Gasteiger partial charge in [0.05, 0.1) is 23.1 Å². The fourth-order valence-electron chi connectivity index (χ4n) is 4.93. The Morgan fingerprint density at radius 3 is 2.65 bits per heavy atom. The van der Waals surface area contributed by atoms with E-state index in [1.807, 2.05) is 0 Å². The SMILES string of the molecule is O=C1CCc2c1c(=O)oc1c3c(cc(O[C@@H]4O[C@H](C(=O)O)[C@@H](O)[C@H](O)[C@H]4O)c21)O[C@H]1OC=C[C@@H]31. The van der Waals surface area contributed by atoms with E-state index in [9.17, 15) is 34.8 Å². The van der Waals surface area contributed by atoms with Crippen LogP contribution >= 0.6 is 0 Å². The summed E-state index contributed by atoms with van der Waals surface area (Å²) in [5.74, 6) is -2.09. The molecule has 1 aromatic carbocycles. The van der Waals surface area contributed by atoms with Gasteiger partial charge >= 0.3 is 11.6 Å². The molecule has 178 valence electrons. The molecule has 2 aromatic rings. The molecule has 0 saturated carbocycles. The number of carbonyl (C=O) groups is 2. The zero-order valence-corrected chi connectivity index (χ0v) is 17.2. The zero-order chi connectivity index (χ0) is 23.9. The molecule has 1 aliphatic carbocycles. The molecule has 0 spiro atoms. The number of rotatable bonds is 3. The number of hydrogen-bond donors (Lipinski definition) is 4. The van der Waals surface area contributed by atoms with E-state index in [4.69, 9.17) is 23.4 Å². The van der Waals surface area contributed by atoms with E-state index < -0.39 is 48.6 Å². The van der Waals surface area contributed by atoms with Crippen LogP contribution in [-0.4, -0.2) is 69.2 Å². The van der Waals surface area contributed by atoms with Gasteiger partial charge in [-0.2, -0.15) is 0 Å². The molecule has 12 nitrogen and oxygen atoms in total. The van der Waals surface area contributed by atoms with Crippen LogP contribution < -0.4 is 15.1 Å². The molecule has 1 saturated heterocycles. The number of benzene rings is 1. The van der Waals surface area contributed by atoms with Crippen LogP contribution in [0.1, 0.15) is 33.8 Å². The van der Waals surface area contributed by atoms with Crippen LogP contribution in [0.3, 0.4) is 0 Å². The zero-order valence-electron chi connectivity index (χ0n) is 17.2. The lowest BCUT2D eigenvalue weighted by molar-refractivity contribution is -0.270. The number of ether oxygens (including phenoxy) is 4. The number of aryl methyl sites for hydroxylation is 1. The summed E-state index contributed by atoms with van der Waals surface area (Å²) in [6.45, 7) is 0. The quantitative estimate of drug-likeness (QED) is 0.421. The van der Waals surface area contributed by atoms with Crippen molar-refractivity contribution in [1.82, 2.24) is 0 Å². The minimum absolute atomic E-state index is 0.0239. The number of ketones is 1. The number of fused-ring (bicyclic) bond motifs is 7. The minimum atomic E-state index is -1.89. The highest BCUT2D eigenvalue weighted by Crippen LogP contribution is 2.50. The summed E-state index contributed by atoms with van der Waals surface area (Å²) in [6, 6.07) is 1.44. The van der Waals surface area contributed by atoms with Crippen molar-refractivity contribution in [2.75, 3.05) is 0 Å². The second kappa shape index (κ2) is 7.27. The number of aliphatic hydroxyl groups is 3. The molecule has 0 radical (unpaired) electrons. The number of aliphatic hydroxyl groups excluding tert-OH is 3. The number of aliphatic carboxylic acids is 1. The fraction of sp³-hybridized carbons (Fsp3) is 0.409. The van der Waals surface area contributed by atoms with Crippen molar-refractivity contribution in [3.8, 4) is 11.5 Å². The first-order chi connectivity index (χ1) is 16.3. The molecular weight excluding hydrogens is 456 g/mol. The van der Waals surface area contributed by atoms with Gasteiger partial charge in [0.1, 0.15) is 41.0 Å². The molecule has 4 aliphatic rings. The van der Waals surface area contributed by atoms with Crippen molar-refractivity contribution in [1.29, 1.82) is 0 Å². The van der Waals surface area contributed by atoms with Gasteiger partial charge in [-0.3, -0.25) is 4.79 Å². The highest BCUT2D eigenvalue weighted by molar-refractivity contribution is 6.06. The number of carboxylic acid groups (broad SMARTS) is 1. The lowest BCUT2D eigenvalue weighted by Gasteiger charge is -2.38. The van der Waals surface area contributed by atoms with Gasteiger partial charge in [0.15, 0.2) is 11.9 Å². The molecule has 0 unspecified atom stereocenters. The first kappa shape index (κ1) is 21.1. The second-order valence-electron chi connectivity index (χ2n) is 8.49. The third kappa shape index (κ3) is 2.83. The molecule has 34 heavy (non-hydrogen) atoms. The standard InChI is InChI=1S/C22H18O12/c23-8-2-1-6-11(8)20(29)33-17-12(6)9(5-10-13(17)7-3-4-30-21(7)31-10)32-22-16(26)14(24)15(25)18(34-22)19(27)28/h3-5,7,14-16,18,21-22,24-26H,1-2H2,(H,27,28)/t7-,14-,15-,16+,18-,21+,22+/m0/s1. The first-order valence-corrected chi connectivity index (χ1v) is 10.5. The van der Waals surface area contributed by atoms with E-state index in [2.05, 4.69) is 0 Å². The van der Waals surface area contributed by atoms with Gasteiger partial charge in [-0.15, -0.1) is 0 Å². The topological polar surface area (TPSA) is 182 Å². The summed E-state index contributed by atoms with van der Waals surface area (Å²) in [5, 5.41) is 40.1. The molecule has 12 heteroatoms.